The number of carbonyl (C=O) groups is 2. The molecule has 0 spiro atoms. The summed E-state index contributed by atoms with van der Waals surface area (Å²) in [5.74, 6) is 1.74. The van der Waals surface area contributed by atoms with E-state index in [1.165, 1.54) is 0 Å². The van der Waals surface area contributed by atoms with Crippen LogP contribution in [0.4, 0.5) is 0 Å². The quantitative estimate of drug-likeness (QED) is 0.930. The summed E-state index contributed by atoms with van der Waals surface area (Å²) in [4.78, 5) is 25.8. The summed E-state index contributed by atoms with van der Waals surface area (Å²) in [5.41, 5.74) is 2.13. The Kier molecular flexibility index (Phi) is 4.71. The molecule has 0 unspecified atom stereocenters. The van der Waals surface area contributed by atoms with E-state index >= 15 is 0 Å². The van der Waals surface area contributed by atoms with Crippen LogP contribution in [-0.2, 0) is 22.6 Å². The summed E-state index contributed by atoms with van der Waals surface area (Å²) in [5, 5.41) is 9.49. The van der Waals surface area contributed by atoms with Crippen LogP contribution in [0.1, 0.15) is 30.4 Å². The molecule has 0 radical (unpaired) electrons. The number of rotatable bonds is 3. The summed E-state index contributed by atoms with van der Waals surface area (Å²) in [6.07, 6.45) is 3.04. The van der Waals surface area contributed by atoms with Gasteiger partial charge in [-0.2, -0.15) is 11.8 Å². The average Bonchev–Trinajstić information content (AvgIpc) is 2.54. The van der Waals surface area contributed by atoms with Crippen molar-refractivity contribution in [2.75, 3.05) is 11.5 Å². The molecular formula is C17H21NO3S. The molecule has 4 nitrogen and oxygen atoms in total. The molecule has 1 amide bonds. The standard InChI is InChI=1S/C17H21NO3S/c19-16(9-12-5-7-22-8-6-12)18-11-14-4-2-1-3-13(14)10-15(18)17(20)21/h1-4,12,15H,5-11H2,(H,20,21)/t15-/m1/s1. The van der Waals surface area contributed by atoms with E-state index in [9.17, 15) is 14.7 Å². The fourth-order valence-electron chi connectivity index (χ4n) is 3.32. The van der Waals surface area contributed by atoms with Gasteiger partial charge in [-0.15, -0.1) is 0 Å². The van der Waals surface area contributed by atoms with Crippen LogP contribution < -0.4 is 0 Å². The number of carboxylic acids is 1. The molecule has 2 aliphatic heterocycles. The minimum absolute atomic E-state index is 0.00111. The molecule has 2 heterocycles. The van der Waals surface area contributed by atoms with E-state index in [1.807, 2.05) is 36.0 Å². The Morgan fingerprint density at radius 3 is 2.55 bits per heavy atom. The highest BCUT2D eigenvalue weighted by atomic mass is 32.2. The van der Waals surface area contributed by atoms with E-state index in [4.69, 9.17) is 0 Å². The first kappa shape index (κ1) is 15.4. The van der Waals surface area contributed by atoms with Crippen LogP contribution in [0.15, 0.2) is 24.3 Å². The highest BCUT2D eigenvalue weighted by Gasteiger charge is 2.35. The lowest BCUT2D eigenvalue weighted by Crippen LogP contribution is -2.49. The maximum Gasteiger partial charge on any atom is 0.326 e. The molecule has 1 N–H and O–H groups in total. The predicted octanol–water partition coefficient (Wildman–Crippen LogP) is 2.56. The molecule has 0 bridgehead atoms. The van der Waals surface area contributed by atoms with Crippen molar-refractivity contribution in [2.24, 2.45) is 5.92 Å². The fourth-order valence-corrected chi connectivity index (χ4v) is 4.52. The van der Waals surface area contributed by atoms with Gasteiger partial charge in [-0.25, -0.2) is 4.79 Å². The van der Waals surface area contributed by atoms with Crippen molar-refractivity contribution >= 4 is 23.6 Å². The summed E-state index contributed by atoms with van der Waals surface area (Å²) in [7, 11) is 0. The highest BCUT2D eigenvalue weighted by Crippen LogP contribution is 2.29. The number of amides is 1. The molecule has 3 rings (SSSR count). The second-order valence-corrected chi connectivity index (χ2v) is 7.33. The van der Waals surface area contributed by atoms with Crippen LogP contribution in [0.5, 0.6) is 0 Å². The summed E-state index contributed by atoms with van der Waals surface area (Å²) in [6.45, 7) is 0.424. The molecule has 2 aliphatic rings. The van der Waals surface area contributed by atoms with Crippen LogP contribution in [-0.4, -0.2) is 39.4 Å². The van der Waals surface area contributed by atoms with Crippen molar-refractivity contribution in [3.05, 3.63) is 35.4 Å². The third-order valence-corrected chi connectivity index (χ3v) is 5.71. The molecule has 5 heteroatoms. The zero-order chi connectivity index (χ0) is 15.5. The first-order chi connectivity index (χ1) is 10.6. The van der Waals surface area contributed by atoms with Gasteiger partial charge in [0.15, 0.2) is 0 Å². The average molecular weight is 319 g/mol. The van der Waals surface area contributed by atoms with E-state index in [0.29, 0.717) is 25.3 Å². The van der Waals surface area contributed by atoms with E-state index in [1.54, 1.807) is 4.90 Å². The molecule has 1 aromatic rings. The van der Waals surface area contributed by atoms with Crippen LogP contribution in [0.2, 0.25) is 0 Å². The van der Waals surface area contributed by atoms with Gasteiger partial charge in [0.2, 0.25) is 5.91 Å². The number of thioether (sulfide) groups is 1. The van der Waals surface area contributed by atoms with Crippen molar-refractivity contribution < 1.29 is 14.7 Å². The second kappa shape index (κ2) is 6.73. The van der Waals surface area contributed by atoms with Gasteiger partial charge in [0.05, 0.1) is 0 Å². The second-order valence-electron chi connectivity index (χ2n) is 6.11. The van der Waals surface area contributed by atoms with E-state index in [-0.39, 0.29) is 5.91 Å². The molecule has 1 saturated heterocycles. The Morgan fingerprint density at radius 1 is 1.18 bits per heavy atom. The summed E-state index contributed by atoms with van der Waals surface area (Å²) in [6, 6.07) is 7.10. The number of carboxylic acid groups (broad SMARTS) is 1. The number of benzene rings is 1. The van der Waals surface area contributed by atoms with Crippen molar-refractivity contribution in [2.45, 2.75) is 38.3 Å². The predicted molar refractivity (Wildman–Crippen MR) is 86.8 cm³/mol. The van der Waals surface area contributed by atoms with E-state index < -0.39 is 12.0 Å². The van der Waals surface area contributed by atoms with Crippen LogP contribution in [0.3, 0.4) is 0 Å². The molecule has 1 fully saturated rings. The van der Waals surface area contributed by atoms with Gasteiger partial charge in [0.25, 0.3) is 0 Å². The Labute approximate surface area is 134 Å². The molecule has 0 aliphatic carbocycles. The number of hydrogen-bond donors (Lipinski definition) is 1. The van der Waals surface area contributed by atoms with Gasteiger partial charge in [-0.1, -0.05) is 24.3 Å². The lowest BCUT2D eigenvalue weighted by atomic mass is 9.92. The first-order valence-corrected chi connectivity index (χ1v) is 8.97. The SMILES string of the molecule is O=C(O)[C@H]1Cc2ccccc2CN1C(=O)CC1CCSCC1. The third kappa shape index (κ3) is 3.29. The third-order valence-electron chi connectivity index (χ3n) is 4.66. The summed E-state index contributed by atoms with van der Waals surface area (Å²) < 4.78 is 0. The van der Waals surface area contributed by atoms with Gasteiger partial charge in [-0.05, 0) is 41.4 Å². The van der Waals surface area contributed by atoms with Gasteiger partial charge in [0, 0.05) is 19.4 Å². The van der Waals surface area contributed by atoms with Crippen molar-refractivity contribution in [3.63, 3.8) is 0 Å². The maximum absolute atomic E-state index is 12.6. The molecule has 1 aromatic carbocycles. The first-order valence-electron chi connectivity index (χ1n) is 7.82. The minimum atomic E-state index is -0.901. The fraction of sp³-hybridized carbons (Fsp3) is 0.529. The number of carbonyl (C=O) groups excluding carboxylic acids is 1. The molecule has 22 heavy (non-hydrogen) atoms. The molecular weight excluding hydrogens is 298 g/mol. The molecule has 0 aromatic heterocycles. The lowest BCUT2D eigenvalue weighted by molar-refractivity contribution is -0.151. The van der Waals surface area contributed by atoms with E-state index in [0.717, 1.165) is 35.5 Å². The monoisotopic (exact) mass is 319 g/mol. The molecule has 0 saturated carbocycles. The normalized spacial score (nSPS) is 22.2. The van der Waals surface area contributed by atoms with Crippen molar-refractivity contribution in [1.82, 2.24) is 4.90 Å². The number of fused-ring (bicyclic) bond motifs is 1. The van der Waals surface area contributed by atoms with Crippen LogP contribution in [0.25, 0.3) is 0 Å². The minimum Gasteiger partial charge on any atom is -0.480 e. The largest absolute Gasteiger partial charge is 0.480 e. The lowest BCUT2D eigenvalue weighted by Gasteiger charge is -2.35. The number of aliphatic carboxylic acids is 1. The maximum atomic E-state index is 12.6. The molecule has 1 atom stereocenters. The van der Waals surface area contributed by atoms with Gasteiger partial charge >= 0.3 is 5.97 Å². The number of hydrogen-bond acceptors (Lipinski definition) is 3. The Bertz CT molecular complexity index is 569. The van der Waals surface area contributed by atoms with Gasteiger partial charge < -0.3 is 10.0 Å². The summed E-state index contributed by atoms with van der Waals surface area (Å²) >= 11 is 1.94. The topological polar surface area (TPSA) is 57.6 Å². The highest BCUT2D eigenvalue weighted by molar-refractivity contribution is 7.99. The molecule has 118 valence electrons. The van der Waals surface area contributed by atoms with Gasteiger partial charge in [0.1, 0.15) is 6.04 Å². The Morgan fingerprint density at radius 2 is 1.86 bits per heavy atom. The zero-order valence-corrected chi connectivity index (χ0v) is 13.3. The Balaban J connectivity index is 1.75. The smallest absolute Gasteiger partial charge is 0.326 e. The number of nitrogens with zero attached hydrogens (tertiary/aromatic N) is 1. The zero-order valence-electron chi connectivity index (χ0n) is 12.5. The van der Waals surface area contributed by atoms with Crippen molar-refractivity contribution in [1.29, 1.82) is 0 Å². The van der Waals surface area contributed by atoms with Crippen molar-refractivity contribution in [3.8, 4) is 0 Å². The van der Waals surface area contributed by atoms with Crippen LogP contribution in [0, 0.1) is 5.92 Å². The Hall–Kier alpha value is -1.49. The van der Waals surface area contributed by atoms with Gasteiger partial charge in [-0.3, -0.25) is 4.79 Å². The van der Waals surface area contributed by atoms with Crippen LogP contribution >= 0.6 is 11.8 Å². The van der Waals surface area contributed by atoms with E-state index in [2.05, 4.69) is 0 Å².